The summed E-state index contributed by atoms with van der Waals surface area (Å²) in [5.74, 6) is 1.35. The van der Waals surface area contributed by atoms with Crippen molar-refractivity contribution in [2.24, 2.45) is 13.0 Å². The second kappa shape index (κ2) is 9.71. The van der Waals surface area contributed by atoms with Crippen LogP contribution in [0.15, 0.2) is 36.7 Å². The van der Waals surface area contributed by atoms with E-state index in [4.69, 9.17) is 0 Å². The molecule has 0 spiro atoms. The number of nitrogens with one attached hydrogen (secondary N) is 2. The third-order valence-corrected chi connectivity index (χ3v) is 8.58. The second-order valence-electron chi connectivity index (χ2n) is 11.1. The van der Waals surface area contributed by atoms with Crippen molar-refractivity contribution in [1.29, 1.82) is 0 Å². The van der Waals surface area contributed by atoms with Gasteiger partial charge in [-0.1, -0.05) is 24.6 Å². The van der Waals surface area contributed by atoms with Gasteiger partial charge in [0.15, 0.2) is 0 Å². The van der Waals surface area contributed by atoms with Crippen LogP contribution in [0.5, 0.6) is 0 Å². The lowest BCUT2D eigenvalue weighted by Crippen LogP contribution is -2.54. The van der Waals surface area contributed by atoms with E-state index >= 15 is 0 Å². The van der Waals surface area contributed by atoms with Crippen LogP contribution in [-0.2, 0) is 13.2 Å². The molecule has 39 heavy (non-hydrogen) atoms. The van der Waals surface area contributed by atoms with Crippen LogP contribution in [0.25, 0.3) is 22.2 Å². The molecule has 2 saturated carbocycles. The van der Waals surface area contributed by atoms with Crippen molar-refractivity contribution in [3.63, 3.8) is 0 Å². The Kier molecular flexibility index (Phi) is 6.46. The number of aromatic amines is 1. The summed E-state index contributed by atoms with van der Waals surface area (Å²) in [7, 11) is 1.93. The van der Waals surface area contributed by atoms with Gasteiger partial charge in [-0.15, -0.1) is 10.2 Å². The van der Waals surface area contributed by atoms with Crippen LogP contribution in [0.1, 0.15) is 80.2 Å². The van der Waals surface area contributed by atoms with E-state index in [1.54, 1.807) is 13.3 Å². The molecule has 11 heteroatoms. The molecule has 1 aromatic carbocycles. The number of hydrogen-bond acceptors (Lipinski definition) is 6. The predicted octanol–water partition coefficient (Wildman–Crippen LogP) is 5.27. The minimum absolute atomic E-state index is 0.0424. The number of nitrogens with zero attached hydrogens (tertiary/aromatic N) is 5. The predicted molar refractivity (Wildman–Crippen MR) is 140 cm³/mol. The Labute approximate surface area is 224 Å². The Morgan fingerprint density at radius 2 is 2.00 bits per heavy atom. The fourth-order valence-electron chi connectivity index (χ4n) is 6.06. The molecule has 0 aliphatic heterocycles. The molecule has 2 unspecified atom stereocenters. The highest BCUT2D eigenvalue weighted by molar-refractivity contribution is 5.94. The summed E-state index contributed by atoms with van der Waals surface area (Å²) in [5.41, 5.74) is 1.45. The summed E-state index contributed by atoms with van der Waals surface area (Å²) >= 11 is 0. The molecular formula is C28H32F3N7O. The molecule has 0 radical (unpaired) electrons. The molecule has 2 fully saturated rings. The summed E-state index contributed by atoms with van der Waals surface area (Å²) in [6, 6.07) is 8.40. The summed E-state index contributed by atoms with van der Waals surface area (Å²) in [6.45, 7) is 1.71. The van der Waals surface area contributed by atoms with Crippen molar-refractivity contribution in [2.45, 2.75) is 69.1 Å². The van der Waals surface area contributed by atoms with Gasteiger partial charge in [-0.05, 0) is 62.6 Å². The van der Waals surface area contributed by atoms with Gasteiger partial charge in [0.2, 0.25) is 0 Å². The minimum atomic E-state index is -4.62. The lowest BCUT2D eigenvalue weighted by molar-refractivity contribution is -0.141. The number of alkyl halides is 3. The summed E-state index contributed by atoms with van der Waals surface area (Å²) in [6.07, 6.45) is 2.93. The zero-order valence-corrected chi connectivity index (χ0v) is 22.0. The second-order valence-corrected chi connectivity index (χ2v) is 11.1. The first kappa shape index (κ1) is 25.9. The van der Waals surface area contributed by atoms with Crippen LogP contribution < -0.4 is 5.32 Å². The van der Waals surface area contributed by atoms with Crippen molar-refractivity contribution < 1.29 is 18.3 Å². The van der Waals surface area contributed by atoms with Crippen molar-refractivity contribution in [3.8, 4) is 11.3 Å². The van der Waals surface area contributed by atoms with E-state index in [0.29, 0.717) is 22.5 Å². The smallest absolute Gasteiger partial charge is 0.394 e. The van der Waals surface area contributed by atoms with Crippen LogP contribution in [0.3, 0.4) is 0 Å². The molecule has 0 amide bonds. The van der Waals surface area contributed by atoms with Gasteiger partial charge < -0.3 is 15.0 Å². The molecule has 206 valence electrons. The monoisotopic (exact) mass is 539 g/mol. The standard InChI is InChI=1S/C28H32F3N7O/c1-16(34-27(14-39)10-5-11-27)23-25-20(13-21(33-23)28(29,30)31)24(35-36-25)19-9-4-8-18(12-19)22(17-6-3-7-17)26-37-32-15-38(26)2/h4,8-9,12-13,15-17,22,34,39H,3,5-7,10-11,14H2,1-2H3,(H,35,36). The molecule has 3 aromatic heterocycles. The normalized spacial score (nSPS) is 19.0. The molecule has 2 aliphatic carbocycles. The number of aromatic nitrogens is 6. The molecule has 2 aliphatic rings. The van der Waals surface area contributed by atoms with Gasteiger partial charge in [0.1, 0.15) is 23.5 Å². The lowest BCUT2D eigenvalue weighted by Gasteiger charge is -2.43. The summed E-state index contributed by atoms with van der Waals surface area (Å²) in [4.78, 5) is 4.03. The average molecular weight is 540 g/mol. The number of hydrogen-bond donors (Lipinski definition) is 3. The van der Waals surface area contributed by atoms with Gasteiger partial charge in [-0.25, -0.2) is 4.98 Å². The first-order chi connectivity index (χ1) is 18.7. The molecule has 0 saturated heterocycles. The van der Waals surface area contributed by atoms with Crippen molar-refractivity contribution in [3.05, 3.63) is 59.4 Å². The number of halogens is 3. The number of aliphatic hydroxyl groups excluding tert-OH is 1. The number of fused-ring (bicyclic) bond motifs is 1. The quantitative estimate of drug-likeness (QED) is 0.282. The van der Waals surface area contributed by atoms with Crippen LogP contribution in [0.2, 0.25) is 0 Å². The van der Waals surface area contributed by atoms with E-state index in [2.05, 4.69) is 30.7 Å². The first-order valence-electron chi connectivity index (χ1n) is 13.5. The van der Waals surface area contributed by atoms with E-state index in [1.807, 2.05) is 35.9 Å². The Morgan fingerprint density at radius 1 is 1.21 bits per heavy atom. The van der Waals surface area contributed by atoms with Gasteiger partial charge in [0.05, 0.1) is 17.8 Å². The molecular weight excluding hydrogens is 507 g/mol. The third kappa shape index (κ3) is 4.61. The van der Waals surface area contributed by atoms with Gasteiger partial charge in [-0.3, -0.25) is 5.10 Å². The lowest BCUT2D eigenvalue weighted by atomic mass is 9.72. The molecule has 3 heterocycles. The zero-order chi connectivity index (χ0) is 27.4. The average Bonchev–Trinajstić information content (AvgIpc) is 3.48. The molecule has 3 N–H and O–H groups in total. The molecule has 2 atom stereocenters. The molecule has 6 rings (SSSR count). The molecule has 4 aromatic rings. The third-order valence-electron chi connectivity index (χ3n) is 8.58. The van der Waals surface area contributed by atoms with Crippen molar-refractivity contribution in [1.82, 2.24) is 35.3 Å². The maximum atomic E-state index is 14.0. The van der Waals surface area contributed by atoms with E-state index in [9.17, 15) is 18.3 Å². The topological polar surface area (TPSA) is 105 Å². The van der Waals surface area contributed by atoms with Crippen LogP contribution in [0.4, 0.5) is 13.2 Å². The van der Waals surface area contributed by atoms with Crippen LogP contribution in [0, 0.1) is 5.92 Å². The van der Waals surface area contributed by atoms with Crippen molar-refractivity contribution >= 4 is 10.9 Å². The molecule has 0 bridgehead atoms. The maximum absolute atomic E-state index is 14.0. The Bertz CT molecular complexity index is 1480. The highest BCUT2D eigenvalue weighted by Gasteiger charge is 2.39. The van der Waals surface area contributed by atoms with E-state index < -0.39 is 23.5 Å². The SMILES string of the molecule is CC(NC1(CO)CCC1)c1nc(C(F)(F)F)cc2c(-c3cccc(C(c4nncn4C)C4CCC4)c3)n[nH]c12. The van der Waals surface area contributed by atoms with Crippen LogP contribution >= 0.6 is 0 Å². The van der Waals surface area contributed by atoms with Gasteiger partial charge in [-0.2, -0.15) is 18.3 Å². The Balaban J connectivity index is 1.44. The van der Waals surface area contributed by atoms with E-state index in [1.165, 1.54) is 6.42 Å². The van der Waals surface area contributed by atoms with E-state index in [0.717, 1.165) is 55.1 Å². The van der Waals surface area contributed by atoms with Crippen LogP contribution in [-0.4, -0.2) is 47.2 Å². The highest BCUT2D eigenvalue weighted by atomic mass is 19.4. The Morgan fingerprint density at radius 3 is 2.59 bits per heavy atom. The fourth-order valence-corrected chi connectivity index (χ4v) is 6.06. The number of benzene rings is 1. The molecule has 8 nitrogen and oxygen atoms in total. The van der Waals surface area contributed by atoms with E-state index in [-0.39, 0.29) is 18.2 Å². The van der Waals surface area contributed by atoms with Gasteiger partial charge >= 0.3 is 6.18 Å². The zero-order valence-electron chi connectivity index (χ0n) is 22.0. The number of rotatable bonds is 8. The first-order valence-corrected chi connectivity index (χ1v) is 13.5. The largest absolute Gasteiger partial charge is 0.433 e. The number of H-pyrrole nitrogens is 1. The number of aliphatic hydroxyl groups is 1. The summed E-state index contributed by atoms with van der Waals surface area (Å²) in [5, 5.41) is 29.6. The summed E-state index contributed by atoms with van der Waals surface area (Å²) < 4.78 is 44.0. The number of pyridine rings is 1. The highest BCUT2D eigenvalue weighted by Crippen LogP contribution is 2.44. The fraction of sp³-hybridized carbons (Fsp3) is 0.500. The van der Waals surface area contributed by atoms with Gasteiger partial charge in [0.25, 0.3) is 0 Å². The van der Waals surface area contributed by atoms with Crippen molar-refractivity contribution in [2.75, 3.05) is 6.61 Å². The maximum Gasteiger partial charge on any atom is 0.433 e. The minimum Gasteiger partial charge on any atom is -0.394 e. The van der Waals surface area contributed by atoms with Gasteiger partial charge in [0, 0.05) is 35.5 Å². The number of aryl methyl sites for hydroxylation is 1. The Hall–Kier alpha value is -3.31.